The highest BCUT2D eigenvalue weighted by atomic mass is 15.1. The molecule has 0 bridgehead atoms. The second-order valence-corrected chi connectivity index (χ2v) is 5.48. The van der Waals surface area contributed by atoms with E-state index in [0.717, 1.165) is 23.7 Å². The van der Waals surface area contributed by atoms with Crippen molar-refractivity contribution in [2.45, 2.75) is 33.1 Å². The first-order valence-electron chi connectivity index (χ1n) is 5.87. The summed E-state index contributed by atoms with van der Waals surface area (Å²) in [5.41, 5.74) is 0. The van der Waals surface area contributed by atoms with Gasteiger partial charge in [0.1, 0.15) is 0 Å². The molecule has 0 aromatic rings. The molecule has 3 unspecified atom stereocenters. The molecule has 0 aromatic carbocycles. The minimum Gasteiger partial charge on any atom is -0.306 e. The summed E-state index contributed by atoms with van der Waals surface area (Å²) < 4.78 is 0. The van der Waals surface area contributed by atoms with E-state index in [0.29, 0.717) is 0 Å². The lowest BCUT2D eigenvalue weighted by molar-refractivity contribution is 0.0709. The Kier molecular flexibility index (Phi) is 2.64. The first-order chi connectivity index (χ1) is 6.18. The molecule has 2 aliphatic rings. The fraction of sp³-hybridized carbons (Fsp3) is 1.00. The Hall–Kier alpha value is -0.0400. The van der Waals surface area contributed by atoms with Crippen molar-refractivity contribution in [2.75, 3.05) is 20.1 Å². The largest absolute Gasteiger partial charge is 0.306 e. The zero-order valence-electron chi connectivity index (χ0n) is 9.29. The van der Waals surface area contributed by atoms with Crippen LogP contribution in [0.4, 0.5) is 0 Å². The van der Waals surface area contributed by atoms with Gasteiger partial charge in [0, 0.05) is 13.1 Å². The van der Waals surface area contributed by atoms with Gasteiger partial charge in [0.2, 0.25) is 0 Å². The van der Waals surface area contributed by atoms with E-state index in [2.05, 4.69) is 25.8 Å². The van der Waals surface area contributed by atoms with Gasteiger partial charge in [0.15, 0.2) is 0 Å². The summed E-state index contributed by atoms with van der Waals surface area (Å²) in [5, 5.41) is 0. The van der Waals surface area contributed by atoms with E-state index in [4.69, 9.17) is 0 Å². The van der Waals surface area contributed by atoms with Crippen LogP contribution >= 0.6 is 0 Å². The van der Waals surface area contributed by atoms with E-state index >= 15 is 0 Å². The Bertz CT molecular complexity index is 176. The third-order valence-electron chi connectivity index (χ3n) is 4.19. The van der Waals surface area contributed by atoms with Gasteiger partial charge >= 0.3 is 0 Å². The van der Waals surface area contributed by atoms with Crippen LogP contribution < -0.4 is 0 Å². The molecule has 76 valence electrons. The summed E-state index contributed by atoms with van der Waals surface area (Å²) in [6.45, 7) is 7.52. The van der Waals surface area contributed by atoms with Crippen molar-refractivity contribution in [3.8, 4) is 0 Å². The summed E-state index contributed by atoms with van der Waals surface area (Å²) in [6, 6.07) is 0. The monoisotopic (exact) mass is 181 g/mol. The molecular weight excluding hydrogens is 158 g/mol. The zero-order chi connectivity index (χ0) is 9.42. The van der Waals surface area contributed by atoms with Crippen molar-refractivity contribution in [1.29, 1.82) is 0 Å². The average molecular weight is 181 g/mol. The Balaban J connectivity index is 2.07. The van der Waals surface area contributed by atoms with Crippen molar-refractivity contribution < 1.29 is 0 Å². The van der Waals surface area contributed by atoms with Crippen LogP contribution in [0.1, 0.15) is 33.1 Å². The van der Waals surface area contributed by atoms with Gasteiger partial charge in [-0.2, -0.15) is 0 Å². The summed E-state index contributed by atoms with van der Waals surface area (Å²) in [7, 11) is 2.30. The lowest BCUT2D eigenvalue weighted by atomic mass is 9.74. The molecule has 1 saturated carbocycles. The van der Waals surface area contributed by atoms with Crippen LogP contribution in [0.3, 0.4) is 0 Å². The van der Waals surface area contributed by atoms with Crippen LogP contribution in [-0.4, -0.2) is 25.0 Å². The second-order valence-electron chi connectivity index (χ2n) is 5.48. The summed E-state index contributed by atoms with van der Waals surface area (Å²) >= 11 is 0. The molecule has 3 atom stereocenters. The lowest BCUT2D eigenvalue weighted by Gasteiger charge is -2.41. The van der Waals surface area contributed by atoms with Crippen LogP contribution in [0.25, 0.3) is 0 Å². The van der Waals surface area contributed by atoms with Crippen LogP contribution in [0.5, 0.6) is 0 Å². The van der Waals surface area contributed by atoms with Gasteiger partial charge in [-0.15, -0.1) is 0 Å². The summed E-state index contributed by atoms with van der Waals surface area (Å²) in [5.74, 6) is 3.96. The highest BCUT2D eigenvalue weighted by Crippen LogP contribution is 2.43. The predicted octanol–water partition coefficient (Wildman–Crippen LogP) is 2.62. The first kappa shape index (κ1) is 9.51. The third-order valence-corrected chi connectivity index (χ3v) is 4.19. The maximum atomic E-state index is 2.55. The standard InChI is InChI=1S/C12H23N/c1-9(2)12-8-13(3)7-10-5-4-6-11(10)12/h9-12H,4-8H2,1-3H3. The SMILES string of the molecule is CC(C)C1CN(C)CC2CCCC21. The van der Waals surface area contributed by atoms with Gasteiger partial charge in [0.05, 0.1) is 0 Å². The van der Waals surface area contributed by atoms with Gasteiger partial charge < -0.3 is 4.90 Å². The van der Waals surface area contributed by atoms with Gasteiger partial charge in [-0.1, -0.05) is 20.3 Å². The average Bonchev–Trinajstić information content (AvgIpc) is 2.49. The van der Waals surface area contributed by atoms with E-state index in [1.165, 1.54) is 32.4 Å². The van der Waals surface area contributed by atoms with E-state index < -0.39 is 0 Å². The predicted molar refractivity (Wildman–Crippen MR) is 56.7 cm³/mol. The van der Waals surface area contributed by atoms with Gasteiger partial charge in [0.25, 0.3) is 0 Å². The quantitative estimate of drug-likeness (QED) is 0.601. The molecule has 1 aliphatic carbocycles. The van der Waals surface area contributed by atoms with Crippen molar-refractivity contribution in [2.24, 2.45) is 23.7 Å². The molecule has 1 aliphatic heterocycles. The Morgan fingerprint density at radius 3 is 2.62 bits per heavy atom. The molecule has 0 aromatic heterocycles. The number of hydrogen-bond donors (Lipinski definition) is 0. The molecule has 1 heterocycles. The van der Waals surface area contributed by atoms with Crippen molar-refractivity contribution >= 4 is 0 Å². The molecule has 0 amide bonds. The molecule has 1 heteroatoms. The smallest absolute Gasteiger partial charge is 0.00119 e. The normalized spacial score (nSPS) is 41.1. The van der Waals surface area contributed by atoms with Crippen molar-refractivity contribution in [3.05, 3.63) is 0 Å². The fourth-order valence-corrected chi connectivity index (χ4v) is 3.53. The molecule has 1 nitrogen and oxygen atoms in total. The van der Waals surface area contributed by atoms with E-state index in [9.17, 15) is 0 Å². The topological polar surface area (TPSA) is 3.24 Å². The molecule has 0 spiro atoms. The molecule has 0 radical (unpaired) electrons. The van der Waals surface area contributed by atoms with Gasteiger partial charge in [-0.05, 0) is 43.6 Å². The molecule has 1 saturated heterocycles. The minimum atomic E-state index is 0.883. The van der Waals surface area contributed by atoms with Crippen LogP contribution in [0.2, 0.25) is 0 Å². The Morgan fingerprint density at radius 2 is 1.92 bits per heavy atom. The highest BCUT2D eigenvalue weighted by molar-refractivity contribution is 4.90. The van der Waals surface area contributed by atoms with Crippen LogP contribution in [0.15, 0.2) is 0 Å². The number of rotatable bonds is 1. The van der Waals surface area contributed by atoms with E-state index in [1.807, 2.05) is 0 Å². The van der Waals surface area contributed by atoms with Gasteiger partial charge in [-0.25, -0.2) is 0 Å². The maximum Gasteiger partial charge on any atom is 0.00119 e. The van der Waals surface area contributed by atoms with E-state index in [-0.39, 0.29) is 0 Å². The molecule has 13 heavy (non-hydrogen) atoms. The van der Waals surface area contributed by atoms with Crippen molar-refractivity contribution in [3.63, 3.8) is 0 Å². The van der Waals surface area contributed by atoms with Crippen LogP contribution in [0, 0.1) is 23.7 Å². The Labute approximate surface area is 82.5 Å². The maximum absolute atomic E-state index is 2.55. The molecule has 2 fully saturated rings. The number of nitrogens with zero attached hydrogens (tertiary/aromatic N) is 1. The summed E-state index contributed by atoms with van der Waals surface area (Å²) in [4.78, 5) is 2.55. The number of piperidine rings is 1. The Morgan fingerprint density at radius 1 is 1.15 bits per heavy atom. The molecular formula is C12H23N. The first-order valence-corrected chi connectivity index (χ1v) is 5.87. The minimum absolute atomic E-state index is 0.883. The van der Waals surface area contributed by atoms with Gasteiger partial charge in [-0.3, -0.25) is 0 Å². The van der Waals surface area contributed by atoms with E-state index in [1.54, 1.807) is 0 Å². The molecule has 2 rings (SSSR count). The van der Waals surface area contributed by atoms with Crippen molar-refractivity contribution in [1.82, 2.24) is 4.90 Å². The summed E-state index contributed by atoms with van der Waals surface area (Å²) in [6.07, 6.45) is 4.51. The number of likely N-dealkylation sites (tertiary alicyclic amines) is 1. The van der Waals surface area contributed by atoms with Crippen LogP contribution in [-0.2, 0) is 0 Å². The zero-order valence-corrected chi connectivity index (χ0v) is 9.29. The fourth-order valence-electron chi connectivity index (χ4n) is 3.53. The number of hydrogen-bond acceptors (Lipinski definition) is 1. The second kappa shape index (κ2) is 3.61. The third kappa shape index (κ3) is 1.76. The highest BCUT2D eigenvalue weighted by Gasteiger charge is 2.39. The number of fused-ring (bicyclic) bond motifs is 1. The lowest BCUT2D eigenvalue weighted by Crippen LogP contribution is -2.44. The molecule has 0 N–H and O–H groups in total.